The van der Waals surface area contributed by atoms with Crippen LogP contribution in [0.1, 0.15) is 49.7 Å². The van der Waals surface area contributed by atoms with E-state index in [1.807, 2.05) is 58.3 Å². The van der Waals surface area contributed by atoms with E-state index in [1.165, 1.54) is 5.56 Å². The van der Waals surface area contributed by atoms with Gasteiger partial charge in [-0.15, -0.1) is 0 Å². The van der Waals surface area contributed by atoms with Crippen molar-refractivity contribution in [1.29, 1.82) is 0 Å². The summed E-state index contributed by atoms with van der Waals surface area (Å²) in [6.07, 6.45) is 5.01. The molecule has 2 aromatic carbocycles. The molecule has 0 saturated carbocycles. The average Bonchev–Trinajstić information content (AvgIpc) is 3.05. The molecule has 1 spiro atoms. The summed E-state index contributed by atoms with van der Waals surface area (Å²) < 4.78 is 0. The number of carbonyl (C=O) groups excluding carboxylic acids is 3. The van der Waals surface area contributed by atoms with Gasteiger partial charge in [-0.05, 0) is 49.3 Å². The van der Waals surface area contributed by atoms with Crippen molar-refractivity contribution in [3.8, 4) is 0 Å². The van der Waals surface area contributed by atoms with Crippen LogP contribution in [-0.4, -0.2) is 52.7 Å². The molecule has 2 aromatic rings. The van der Waals surface area contributed by atoms with E-state index < -0.39 is 0 Å². The van der Waals surface area contributed by atoms with Crippen molar-refractivity contribution in [2.75, 3.05) is 24.5 Å². The number of para-hydroxylation sites is 1. The fourth-order valence-corrected chi connectivity index (χ4v) is 5.71. The van der Waals surface area contributed by atoms with E-state index in [0.717, 1.165) is 36.9 Å². The molecule has 0 aliphatic carbocycles. The Labute approximate surface area is 195 Å². The fourth-order valence-electron chi connectivity index (χ4n) is 5.71. The first-order valence-electron chi connectivity index (χ1n) is 12.1. The number of nitrogens with zero attached hydrogens (tertiary/aromatic N) is 3. The van der Waals surface area contributed by atoms with Gasteiger partial charge in [0.25, 0.3) is 0 Å². The van der Waals surface area contributed by atoms with Gasteiger partial charge in [-0.25, -0.2) is 0 Å². The van der Waals surface area contributed by atoms with Gasteiger partial charge >= 0.3 is 0 Å². The van der Waals surface area contributed by atoms with Crippen LogP contribution < -0.4 is 4.90 Å². The van der Waals surface area contributed by atoms with Gasteiger partial charge in [-0.3, -0.25) is 14.4 Å². The van der Waals surface area contributed by atoms with Gasteiger partial charge in [0.15, 0.2) is 0 Å². The van der Waals surface area contributed by atoms with Crippen molar-refractivity contribution in [2.24, 2.45) is 0 Å². The van der Waals surface area contributed by atoms with Gasteiger partial charge in [-0.1, -0.05) is 48.5 Å². The zero-order valence-corrected chi connectivity index (χ0v) is 19.0. The maximum atomic E-state index is 13.2. The van der Waals surface area contributed by atoms with Gasteiger partial charge in [0.05, 0.1) is 0 Å². The van der Waals surface area contributed by atoms with E-state index in [4.69, 9.17) is 0 Å². The molecular weight excluding hydrogens is 414 g/mol. The Hall–Kier alpha value is -3.15. The predicted molar refractivity (Wildman–Crippen MR) is 127 cm³/mol. The highest BCUT2D eigenvalue weighted by Gasteiger charge is 2.47. The molecule has 1 atom stereocenters. The second-order valence-electron chi connectivity index (χ2n) is 9.53. The quantitative estimate of drug-likeness (QED) is 0.723. The Morgan fingerprint density at radius 3 is 2.36 bits per heavy atom. The van der Waals surface area contributed by atoms with Gasteiger partial charge in [0, 0.05) is 43.7 Å². The highest BCUT2D eigenvalue weighted by molar-refractivity contribution is 5.97. The van der Waals surface area contributed by atoms with Crippen molar-refractivity contribution in [2.45, 2.75) is 57.0 Å². The lowest BCUT2D eigenvalue weighted by molar-refractivity contribution is -0.135. The number of carbonyl (C=O) groups is 3. The van der Waals surface area contributed by atoms with Crippen LogP contribution in [-0.2, 0) is 27.3 Å². The number of hydrogen-bond donors (Lipinski definition) is 0. The summed E-state index contributed by atoms with van der Waals surface area (Å²) in [6, 6.07) is 18.1. The lowest BCUT2D eigenvalue weighted by atomic mass is 9.87. The normalized spacial score (nSPS) is 23.1. The van der Waals surface area contributed by atoms with Crippen LogP contribution in [0.5, 0.6) is 0 Å². The maximum absolute atomic E-state index is 13.2. The average molecular weight is 446 g/mol. The van der Waals surface area contributed by atoms with E-state index in [-0.39, 0.29) is 29.8 Å². The van der Waals surface area contributed by atoms with Crippen molar-refractivity contribution in [3.63, 3.8) is 0 Å². The second kappa shape index (κ2) is 9.00. The molecule has 0 radical (unpaired) electrons. The molecule has 2 fully saturated rings. The highest BCUT2D eigenvalue weighted by Crippen LogP contribution is 2.40. The van der Waals surface area contributed by atoms with E-state index in [1.54, 1.807) is 4.90 Å². The first kappa shape index (κ1) is 21.7. The third-order valence-corrected chi connectivity index (χ3v) is 7.60. The number of fused-ring (bicyclic) bond motifs is 1. The summed E-state index contributed by atoms with van der Waals surface area (Å²) in [4.78, 5) is 44.6. The van der Waals surface area contributed by atoms with Crippen LogP contribution in [0, 0.1) is 0 Å². The number of likely N-dealkylation sites (tertiary alicyclic amines) is 2. The van der Waals surface area contributed by atoms with Crippen LogP contribution in [0.4, 0.5) is 5.69 Å². The minimum Gasteiger partial charge on any atom is -0.333 e. The molecule has 2 saturated heterocycles. The molecule has 6 heteroatoms. The third kappa shape index (κ3) is 4.26. The zero-order chi connectivity index (χ0) is 22.8. The summed E-state index contributed by atoms with van der Waals surface area (Å²) in [5, 5.41) is 0. The van der Waals surface area contributed by atoms with Crippen molar-refractivity contribution < 1.29 is 14.4 Å². The molecular formula is C27H31N3O3. The topological polar surface area (TPSA) is 60.9 Å². The van der Waals surface area contributed by atoms with Crippen molar-refractivity contribution in [1.82, 2.24) is 9.80 Å². The SMILES string of the molecule is O=C1CCC2(CCC(=O)N2Cc2ccccc2)CCN1CC(=O)N1CCCc2ccccc21. The molecule has 3 heterocycles. The van der Waals surface area contributed by atoms with Gasteiger partial charge < -0.3 is 14.7 Å². The van der Waals surface area contributed by atoms with Crippen molar-refractivity contribution in [3.05, 3.63) is 65.7 Å². The summed E-state index contributed by atoms with van der Waals surface area (Å²) in [7, 11) is 0. The molecule has 3 amide bonds. The van der Waals surface area contributed by atoms with Crippen LogP contribution >= 0.6 is 0 Å². The van der Waals surface area contributed by atoms with Gasteiger partial charge in [0.1, 0.15) is 6.54 Å². The Balaban J connectivity index is 1.29. The Morgan fingerprint density at radius 1 is 0.818 bits per heavy atom. The molecule has 172 valence electrons. The lowest BCUT2D eigenvalue weighted by Crippen LogP contribution is -2.47. The minimum absolute atomic E-state index is 0.0181. The minimum atomic E-state index is -0.294. The third-order valence-electron chi connectivity index (χ3n) is 7.60. The zero-order valence-electron chi connectivity index (χ0n) is 19.0. The lowest BCUT2D eigenvalue weighted by Gasteiger charge is -2.38. The number of rotatable bonds is 4. The molecule has 1 unspecified atom stereocenters. The van der Waals surface area contributed by atoms with E-state index in [0.29, 0.717) is 38.9 Å². The monoisotopic (exact) mass is 445 g/mol. The number of hydrogen-bond acceptors (Lipinski definition) is 3. The number of benzene rings is 2. The van der Waals surface area contributed by atoms with E-state index in [2.05, 4.69) is 6.07 Å². The molecule has 3 aliphatic rings. The molecule has 0 bridgehead atoms. The number of amides is 3. The van der Waals surface area contributed by atoms with Crippen LogP contribution in [0.25, 0.3) is 0 Å². The second-order valence-corrected chi connectivity index (χ2v) is 9.53. The highest BCUT2D eigenvalue weighted by atomic mass is 16.2. The Kier molecular flexibility index (Phi) is 5.92. The summed E-state index contributed by atoms with van der Waals surface area (Å²) in [6.45, 7) is 1.90. The molecule has 0 aromatic heterocycles. The summed E-state index contributed by atoms with van der Waals surface area (Å²) in [5.41, 5.74) is 2.98. The Morgan fingerprint density at radius 2 is 1.55 bits per heavy atom. The summed E-state index contributed by atoms with van der Waals surface area (Å²) >= 11 is 0. The molecule has 33 heavy (non-hydrogen) atoms. The number of anilines is 1. The first-order valence-corrected chi connectivity index (χ1v) is 12.1. The van der Waals surface area contributed by atoms with Crippen LogP contribution in [0.3, 0.4) is 0 Å². The standard InChI is InChI=1S/C27H31N3O3/c31-24-12-14-27(15-13-25(32)30(27)19-21-7-2-1-3-8-21)16-18-28(24)20-26(33)29-17-6-10-22-9-4-5-11-23(22)29/h1-5,7-9,11H,6,10,12-20H2. The number of aryl methyl sites for hydroxylation is 1. The maximum Gasteiger partial charge on any atom is 0.246 e. The van der Waals surface area contributed by atoms with Crippen molar-refractivity contribution >= 4 is 23.4 Å². The van der Waals surface area contributed by atoms with Crippen LogP contribution in [0.15, 0.2) is 54.6 Å². The predicted octanol–water partition coefficient (Wildman–Crippen LogP) is 3.54. The van der Waals surface area contributed by atoms with Gasteiger partial charge in [0.2, 0.25) is 17.7 Å². The van der Waals surface area contributed by atoms with E-state index >= 15 is 0 Å². The molecule has 5 rings (SSSR count). The fraction of sp³-hybridized carbons (Fsp3) is 0.444. The van der Waals surface area contributed by atoms with E-state index in [9.17, 15) is 14.4 Å². The van der Waals surface area contributed by atoms with Gasteiger partial charge in [-0.2, -0.15) is 0 Å². The summed E-state index contributed by atoms with van der Waals surface area (Å²) in [5.74, 6) is 0.167. The van der Waals surface area contributed by atoms with Crippen LogP contribution in [0.2, 0.25) is 0 Å². The molecule has 3 aliphatic heterocycles. The first-order chi connectivity index (χ1) is 16.1. The molecule has 6 nitrogen and oxygen atoms in total. The smallest absolute Gasteiger partial charge is 0.246 e. The Bertz CT molecular complexity index is 1050. The molecule has 0 N–H and O–H groups in total. The largest absolute Gasteiger partial charge is 0.333 e.